The van der Waals surface area contributed by atoms with Crippen molar-refractivity contribution in [3.63, 3.8) is 0 Å². The molecular weight excluding hydrogens is 401 g/mol. The first-order chi connectivity index (χ1) is 13.6. The smallest absolute Gasteiger partial charge is 0.338 e. The number of hydrogen-bond acceptors (Lipinski definition) is 5. The number of fused-ring (bicyclic) bond motifs is 2. The molecule has 8 heteroatoms. The summed E-state index contributed by atoms with van der Waals surface area (Å²) in [4.78, 5) is 17.0. The van der Waals surface area contributed by atoms with Crippen LogP contribution < -0.4 is 0 Å². The van der Waals surface area contributed by atoms with Gasteiger partial charge < -0.3 is 9.15 Å². The molecule has 0 saturated heterocycles. The highest BCUT2D eigenvalue weighted by Crippen LogP contribution is 2.31. The van der Waals surface area contributed by atoms with Gasteiger partial charge >= 0.3 is 5.97 Å². The van der Waals surface area contributed by atoms with Crippen LogP contribution in [0.3, 0.4) is 0 Å². The molecule has 2 aromatic heterocycles. The maximum Gasteiger partial charge on any atom is 0.338 e. The molecule has 1 atom stereocenters. The SMILES string of the molecule is O=C(OC1CCn2nccc21)c1ccc2nc(-c3cc(Cl)cc(Cl)c3)oc2c1. The number of oxazole rings is 1. The lowest BCUT2D eigenvalue weighted by atomic mass is 10.2. The predicted molar refractivity (Wildman–Crippen MR) is 104 cm³/mol. The molecule has 6 nitrogen and oxygen atoms in total. The zero-order valence-corrected chi connectivity index (χ0v) is 15.9. The van der Waals surface area contributed by atoms with Crippen molar-refractivity contribution >= 4 is 40.3 Å². The zero-order chi connectivity index (χ0) is 19.3. The number of aryl methyl sites for hydroxylation is 1. The van der Waals surface area contributed by atoms with E-state index in [9.17, 15) is 4.79 Å². The Kier molecular flexibility index (Phi) is 4.10. The van der Waals surface area contributed by atoms with E-state index in [-0.39, 0.29) is 6.10 Å². The molecule has 28 heavy (non-hydrogen) atoms. The maximum atomic E-state index is 12.6. The quantitative estimate of drug-likeness (QED) is 0.426. The van der Waals surface area contributed by atoms with E-state index in [0.717, 1.165) is 18.7 Å². The fourth-order valence-electron chi connectivity index (χ4n) is 3.36. The van der Waals surface area contributed by atoms with Crippen molar-refractivity contribution in [2.75, 3.05) is 0 Å². The first-order valence-electron chi connectivity index (χ1n) is 8.66. The van der Waals surface area contributed by atoms with E-state index in [1.54, 1.807) is 42.6 Å². The second-order valence-electron chi connectivity index (χ2n) is 6.52. The Morgan fingerprint density at radius 3 is 2.79 bits per heavy atom. The Bertz CT molecular complexity index is 1190. The van der Waals surface area contributed by atoms with E-state index in [0.29, 0.717) is 38.2 Å². The molecule has 0 amide bonds. The highest BCUT2D eigenvalue weighted by molar-refractivity contribution is 6.35. The summed E-state index contributed by atoms with van der Waals surface area (Å²) in [7, 11) is 0. The van der Waals surface area contributed by atoms with E-state index in [2.05, 4.69) is 10.1 Å². The Morgan fingerprint density at radius 2 is 1.96 bits per heavy atom. The second-order valence-corrected chi connectivity index (χ2v) is 7.39. The third-order valence-electron chi connectivity index (χ3n) is 4.67. The summed E-state index contributed by atoms with van der Waals surface area (Å²) >= 11 is 12.1. The summed E-state index contributed by atoms with van der Waals surface area (Å²) in [5.74, 6) is -0.0325. The second kappa shape index (κ2) is 6.65. The number of ether oxygens (including phenoxy) is 1. The van der Waals surface area contributed by atoms with Crippen molar-refractivity contribution < 1.29 is 13.9 Å². The van der Waals surface area contributed by atoms with Gasteiger partial charge in [-0.3, -0.25) is 4.68 Å². The average molecular weight is 414 g/mol. The number of benzene rings is 2. The molecule has 5 rings (SSSR count). The monoisotopic (exact) mass is 413 g/mol. The number of rotatable bonds is 3. The van der Waals surface area contributed by atoms with Crippen LogP contribution in [-0.4, -0.2) is 20.7 Å². The maximum absolute atomic E-state index is 12.6. The van der Waals surface area contributed by atoms with E-state index in [1.807, 2.05) is 10.7 Å². The number of carbonyl (C=O) groups excluding carboxylic acids is 1. The molecule has 140 valence electrons. The molecule has 4 aromatic rings. The summed E-state index contributed by atoms with van der Waals surface area (Å²) in [6.45, 7) is 0.743. The van der Waals surface area contributed by atoms with E-state index < -0.39 is 5.97 Å². The lowest BCUT2D eigenvalue weighted by Gasteiger charge is -2.11. The van der Waals surface area contributed by atoms with Gasteiger partial charge in [0.05, 0.1) is 11.3 Å². The predicted octanol–water partition coefficient (Wildman–Crippen LogP) is 5.30. The van der Waals surface area contributed by atoms with E-state index >= 15 is 0 Å². The van der Waals surface area contributed by atoms with Gasteiger partial charge in [0.2, 0.25) is 5.89 Å². The molecule has 3 heterocycles. The van der Waals surface area contributed by atoms with Crippen LogP contribution in [-0.2, 0) is 11.3 Å². The van der Waals surface area contributed by atoms with Gasteiger partial charge in [0, 0.05) is 34.8 Å². The minimum atomic E-state index is -0.412. The van der Waals surface area contributed by atoms with Crippen molar-refractivity contribution in [1.29, 1.82) is 0 Å². The van der Waals surface area contributed by atoms with Gasteiger partial charge in [0.1, 0.15) is 11.6 Å². The molecule has 0 spiro atoms. The Hall–Kier alpha value is -2.83. The molecule has 0 aliphatic carbocycles. The Labute approximate surface area is 169 Å². The highest BCUT2D eigenvalue weighted by atomic mass is 35.5. The van der Waals surface area contributed by atoms with Crippen molar-refractivity contribution in [2.45, 2.75) is 19.1 Å². The van der Waals surface area contributed by atoms with Gasteiger partial charge in [-0.25, -0.2) is 9.78 Å². The van der Waals surface area contributed by atoms with Crippen molar-refractivity contribution in [1.82, 2.24) is 14.8 Å². The molecular formula is C20H13Cl2N3O3. The number of esters is 1. The van der Waals surface area contributed by atoms with Gasteiger partial charge in [-0.1, -0.05) is 23.2 Å². The Morgan fingerprint density at radius 1 is 1.14 bits per heavy atom. The minimum Gasteiger partial charge on any atom is -0.452 e. The largest absolute Gasteiger partial charge is 0.452 e. The average Bonchev–Trinajstić information content (AvgIpc) is 3.36. The van der Waals surface area contributed by atoms with Crippen LogP contribution in [0.15, 0.2) is 53.1 Å². The van der Waals surface area contributed by atoms with Gasteiger partial charge in [-0.2, -0.15) is 5.10 Å². The van der Waals surface area contributed by atoms with E-state index in [4.69, 9.17) is 32.4 Å². The summed E-state index contributed by atoms with van der Waals surface area (Å²) in [6, 6.07) is 12.0. The standard InChI is InChI=1S/C20H13Cl2N3O3/c21-13-7-12(8-14(22)10-13)19-24-15-2-1-11(9-18(15)27-19)20(26)28-17-4-6-25-16(17)3-5-23-25/h1-3,5,7-10,17H,4,6H2. The van der Waals surface area contributed by atoms with Crippen LogP contribution in [0.25, 0.3) is 22.6 Å². The van der Waals surface area contributed by atoms with Crippen LogP contribution >= 0.6 is 23.2 Å². The topological polar surface area (TPSA) is 70.2 Å². The fourth-order valence-corrected chi connectivity index (χ4v) is 3.89. The van der Waals surface area contributed by atoms with Gasteiger partial charge in [-0.05, 0) is 42.5 Å². The fraction of sp³-hybridized carbons (Fsp3) is 0.150. The lowest BCUT2D eigenvalue weighted by Crippen LogP contribution is -2.09. The molecule has 2 aromatic carbocycles. The third-order valence-corrected chi connectivity index (χ3v) is 5.10. The first kappa shape index (κ1) is 17.3. The van der Waals surface area contributed by atoms with Crippen LogP contribution in [0.5, 0.6) is 0 Å². The molecule has 0 fully saturated rings. The normalized spacial score (nSPS) is 15.7. The van der Waals surface area contributed by atoms with Crippen LogP contribution in [0, 0.1) is 0 Å². The number of carbonyl (C=O) groups is 1. The summed E-state index contributed by atoms with van der Waals surface area (Å²) < 4.78 is 13.3. The zero-order valence-electron chi connectivity index (χ0n) is 14.4. The first-order valence-corrected chi connectivity index (χ1v) is 9.42. The van der Waals surface area contributed by atoms with Gasteiger partial charge in [0.25, 0.3) is 0 Å². The lowest BCUT2D eigenvalue weighted by molar-refractivity contribution is 0.0301. The van der Waals surface area contributed by atoms with Gasteiger partial charge in [-0.15, -0.1) is 0 Å². The van der Waals surface area contributed by atoms with Crippen LogP contribution in [0.4, 0.5) is 0 Å². The number of nitrogens with zero attached hydrogens (tertiary/aromatic N) is 3. The summed E-state index contributed by atoms with van der Waals surface area (Å²) in [5, 5.41) is 5.18. The minimum absolute atomic E-state index is 0.287. The molecule has 0 bridgehead atoms. The number of hydrogen-bond donors (Lipinski definition) is 0. The van der Waals surface area contributed by atoms with Crippen LogP contribution in [0.2, 0.25) is 10.0 Å². The van der Waals surface area contributed by atoms with Crippen molar-refractivity contribution in [3.05, 3.63) is 70.0 Å². The van der Waals surface area contributed by atoms with Crippen molar-refractivity contribution in [2.24, 2.45) is 0 Å². The molecule has 1 aliphatic heterocycles. The highest BCUT2D eigenvalue weighted by Gasteiger charge is 2.27. The number of aromatic nitrogens is 3. The number of halogens is 2. The molecule has 0 N–H and O–H groups in total. The summed E-state index contributed by atoms with van der Waals surface area (Å²) in [6.07, 6.45) is 2.14. The van der Waals surface area contributed by atoms with Crippen molar-refractivity contribution in [3.8, 4) is 11.5 Å². The molecule has 0 saturated carbocycles. The Balaban J connectivity index is 1.43. The summed E-state index contributed by atoms with van der Waals surface area (Å²) in [5.41, 5.74) is 3.09. The third kappa shape index (κ3) is 3.04. The molecule has 1 aliphatic rings. The van der Waals surface area contributed by atoms with Crippen LogP contribution in [0.1, 0.15) is 28.6 Å². The molecule has 1 unspecified atom stereocenters. The van der Waals surface area contributed by atoms with E-state index in [1.165, 1.54) is 0 Å². The molecule has 0 radical (unpaired) electrons. The van der Waals surface area contributed by atoms with Gasteiger partial charge in [0.15, 0.2) is 5.58 Å².